The number of halogens is 2. The van der Waals surface area contributed by atoms with E-state index in [0.29, 0.717) is 11.4 Å². The predicted molar refractivity (Wildman–Crippen MR) is 116 cm³/mol. The van der Waals surface area contributed by atoms with Crippen LogP contribution >= 0.6 is 11.6 Å². The monoisotopic (exact) mass is 439 g/mol. The zero-order chi connectivity index (χ0) is 21.3. The zero-order valence-corrected chi connectivity index (χ0v) is 18.7. The highest BCUT2D eigenvalue weighted by molar-refractivity contribution is 7.90. The van der Waals surface area contributed by atoms with Crippen LogP contribution in [-0.4, -0.2) is 19.8 Å². The number of amides is 1. The van der Waals surface area contributed by atoms with Crippen molar-refractivity contribution >= 4 is 34.6 Å². The third-order valence-electron chi connectivity index (χ3n) is 5.06. The number of fused-ring (bicyclic) bond motifs is 1. The van der Waals surface area contributed by atoms with Crippen molar-refractivity contribution < 1.29 is 13.7 Å². The van der Waals surface area contributed by atoms with E-state index in [2.05, 4.69) is 10.0 Å². The number of aromatic nitrogens is 1. The van der Waals surface area contributed by atoms with Gasteiger partial charge in [0.2, 0.25) is 0 Å². The first kappa shape index (κ1) is 22.2. The van der Waals surface area contributed by atoms with Crippen molar-refractivity contribution in [3.05, 3.63) is 52.1 Å². The van der Waals surface area contributed by atoms with Crippen LogP contribution in [0.3, 0.4) is 0 Å². The van der Waals surface area contributed by atoms with Crippen LogP contribution in [0.2, 0.25) is 5.02 Å². The Labute approximate surface area is 179 Å². The Balaban J connectivity index is 1.89. The second-order valence-electron chi connectivity index (χ2n) is 8.40. The molecule has 0 saturated heterocycles. The van der Waals surface area contributed by atoms with Crippen LogP contribution in [0.4, 0.5) is 10.1 Å². The molecule has 2 N–H and O–H groups in total. The minimum absolute atomic E-state index is 0.0394. The molecule has 1 aromatic heterocycles. The fraction of sp³-hybridized carbons (Fsp3) is 0.476. The number of nitrogens with one attached hydrogen (secondary N) is 2. The van der Waals surface area contributed by atoms with Crippen LogP contribution in [0, 0.1) is 5.82 Å². The lowest BCUT2D eigenvalue weighted by Gasteiger charge is -2.27. The van der Waals surface area contributed by atoms with Gasteiger partial charge in [-0.1, -0.05) is 18.0 Å². The SMILES string of the molecule is Cn1cc2c(c1C(=O)Nc1ccc(F)c(Cl)c1)CCCC[C@@H]2N[S+]([O-])C(C)(C)C. The molecule has 0 radical (unpaired) electrons. The van der Waals surface area contributed by atoms with E-state index in [1.807, 2.05) is 38.6 Å². The van der Waals surface area contributed by atoms with Crippen molar-refractivity contribution in [2.75, 3.05) is 5.32 Å². The maximum Gasteiger partial charge on any atom is 0.272 e. The summed E-state index contributed by atoms with van der Waals surface area (Å²) < 4.78 is 30.8. The molecule has 29 heavy (non-hydrogen) atoms. The summed E-state index contributed by atoms with van der Waals surface area (Å²) in [7, 11) is 1.83. The molecule has 1 aromatic carbocycles. The number of rotatable bonds is 4. The Kier molecular flexibility index (Phi) is 6.63. The number of carbonyl (C=O) groups excluding carboxylic acids is 1. The van der Waals surface area contributed by atoms with Gasteiger partial charge < -0.3 is 14.4 Å². The average molecular weight is 440 g/mol. The number of nitrogens with zero attached hydrogens (tertiary/aromatic N) is 1. The van der Waals surface area contributed by atoms with Crippen molar-refractivity contribution in [3.63, 3.8) is 0 Å². The van der Waals surface area contributed by atoms with Gasteiger partial charge in [-0.2, -0.15) is 0 Å². The molecule has 3 rings (SSSR count). The standard InChI is InChI=1S/C21H27ClFN3O2S/c1-21(2,3)29(28)25-18-8-6-5-7-14-15(18)12-26(4)19(14)20(27)24-13-9-10-17(23)16(22)11-13/h9-12,18,25H,5-8H2,1-4H3,(H,24,27)/t18-,29?/m0/s1. The number of carbonyl (C=O) groups is 1. The van der Waals surface area contributed by atoms with Crippen molar-refractivity contribution in [1.82, 2.24) is 9.29 Å². The summed E-state index contributed by atoms with van der Waals surface area (Å²) in [6.07, 6.45) is 5.55. The van der Waals surface area contributed by atoms with Crippen molar-refractivity contribution in [3.8, 4) is 0 Å². The highest BCUT2D eigenvalue weighted by atomic mass is 35.5. The van der Waals surface area contributed by atoms with E-state index in [1.165, 1.54) is 18.2 Å². The van der Waals surface area contributed by atoms with Crippen LogP contribution in [0.1, 0.15) is 67.7 Å². The molecule has 0 bridgehead atoms. The van der Waals surface area contributed by atoms with Gasteiger partial charge >= 0.3 is 0 Å². The Bertz CT molecular complexity index is 910. The second kappa shape index (κ2) is 8.68. The van der Waals surface area contributed by atoms with Crippen LogP contribution in [0.25, 0.3) is 0 Å². The first-order chi connectivity index (χ1) is 13.6. The summed E-state index contributed by atoms with van der Waals surface area (Å²) in [5, 5.41) is 2.77. The number of anilines is 1. The summed E-state index contributed by atoms with van der Waals surface area (Å²) in [5.74, 6) is -0.799. The summed E-state index contributed by atoms with van der Waals surface area (Å²) in [6, 6.07) is 4.04. The molecule has 1 unspecified atom stereocenters. The van der Waals surface area contributed by atoms with Gasteiger partial charge in [0.25, 0.3) is 5.91 Å². The van der Waals surface area contributed by atoms with Crippen LogP contribution in [0.15, 0.2) is 24.4 Å². The molecular weight excluding hydrogens is 413 g/mol. The van der Waals surface area contributed by atoms with Gasteiger partial charge in [-0.3, -0.25) is 4.79 Å². The van der Waals surface area contributed by atoms with Crippen LogP contribution in [-0.2, 0) is 24.8 Å². The lowest BCUT2D eigenvalue weighted by atomic mass is 10.0. The normalized spacial score (nSPS) is 18.1. The van der Waals surface area contributed by atoms with Gasteiger partial charge in [0.05, 0.1) is 11.1 Å². The fourth-order valence-corrected chi connectivity index (χ4v) is 4.60. The van der Waals surface area contributed by atoms with E-state index in [9.17, 15) is 13.7 Å². The molecule has 8 heteroatoms. The quantitative estimate of drug-likeness (QED) is 0.526. The molecule has 0 spiro atoms. The van der Waals surface area contributed by atoms with Crippen LogP contribution < -0.4 is 10.0 Å². The third kappa shape index (κ3) is 4.97. The van der Waals surface area contributed by atoms with E-state index in [1.54, 1.807) is 0 Å². The van der Waals surface area contributed by atoms with E-state index in [-0.39, 0.29) is 21.7 Å². The molecule has 0 aliphatic heterocycles. The Morgan fingerprint density at radius 2 is 2.07 bits per heavy atom. The molecule has 2 aromatic rings. The van der Waals surface area contributed by atoms with E-state index in [4.69, 9.17) is 11.6 Å². The molecule has 0 fully saturated rings. The molecule has 5 nitrogen and oxygen atoms in total. The molecule has 0 saturated carbocycles. The molecular formula is C21H27ClFN3O2S. The van der Waals surface area contributed by atoms with Crippen LogP contribution in [0.5, 0.6) is 0 Å². The molecule has 2 atom stereocenters. The lowest BCUT2D eigenvalue weighted by Crippen LogP contribution is -2.41. The summed E-state index contributed by atoms with van der Waals surface area (Å²) in [4.78, 5) is 13.0. The van der Waals surface area contributed by atoms with Gasteiger partial charge in [0, 0.05) is 30.3 Å². The zero-order valence-electron chi connectivity index (χ0n) is 17.1. The molecule has 1 heterocycles. The minimum Gasteiger partial charge on any atom is -0.598 e. The number of hydrogen-bond donors (Lipinski definition) is 2. The first-order valence-corrected chi connectivity index (χ1v) is 11.2. The Hall–Kier alpha value is -1.54. The van der Waals surface area contributed by atoms with E-state index < -0.39 is 17.2 Å². The smallest absolute Gasteiger partial charge is 0.272 e. The molecule has 1 amide bonds. The molecule has 158 valence electrons. The summed E-state index contributed by atoms with van der Waals surface area (Å²) in [6.45, 7) is 5.81. The van der Waals surface area contributed by atoms with Gasteiger partial charge in [0.1, 0.15) is 16.3 Å². The van der Waals surface area contributed by atoms with Gasteiger partial charge in [-0.25, -0.2) is 4.39 Å². The predicted octanol–water partition coefficient (Wildman–Crippen LogP) is 4.89. The van der Waals surface area contributed by atoms with Gasteiger partial charge in [-0.15, -0.1) is 4.72 Å². The van der Waals surface area contributed by atoms with Crippen molar-refractivity contribution in [2.45, 2.75) is 57.2 Å². The maximum atomic E-state index is 13.4. The highest BCUT2D eigenvalue weighted by Gasteiger charge is 2.33. The fourth-order valence-electron chi connectivity index (χ4n) is 3.56. The second-order valence-corrected chi connectivity index (χ2v) is 10.8. The molecule has 1 aliphatic rings. The maximum absolute atomic E-state index is 13.4. The molecule has 1 aliphatic carbocycles. The van der Waals surface area contributed by atoms with Gasteiger partial charge in [0.15, 0.2) is 0 Å². The number of hydrogen-bond acceptors (Lipinski definition) is 3. The summed E-state index contributed by atoms with van der Waals surface area (Å²) >= 11 is 4.62. The van der Waals surface area contributed by atoms with E-state index >= 15 is 0 Å². The Morgan fingerprint density at radius 3 is 2.72 bits per heavy atom. The number of benzene rings is 1. The number of aryl methyl sites for hydroxylation is 1. The highest BCUT2D eigenvalue weighted by Crippen LogP contribution is 2.34. The van der Waals surface area contributed by atoms with Crippen molar-refractivity contribution in [1.29, 1.82) is 0 Å². The van der Waals surface area contributed by atoms with Crippen molar-refractivity contribution in [2.24, 2.45) is 7.05 Å². The van der Waals surface area contributed by atoms with Gasteiger partial charge in [-0.05, 0) is 69.4 Å². The van der Waals surface area contributed by atoms with E-state index in [0.717, 1.165) is 36.8 Å². The topological polar surface area (TPSA) is 69.1 Å². The average Bonchev–Trinajstić information content (AvgIpc) is 2.84. The first-order valence-electron chi connectivity index (χ1n) is 9.70. The minimum atomic E-state index is -1.20. The Morgan fingerprint density at radius 1 is 1.34 bits per heavy atom. The third-order valence-corrected chi connectivity index (χ3v) is 6.96. The lowest BCUT2D eigenvalue weighted by molar-refractivity contribution is 0.101. The largest absolute Gasteiger partial charge is 0.598 e. The summed E-state index contributed by atoms with van der Waals surface area (Å²) in [5.41, 5.74) is 2.99.